The molecule has 1 aromatic carbocycles. The van der Waals surface area contributed by atoms with Crippen molar-refractivity contribution in [3.8, 4) is 0 Å². The molecule has 5 heteroatoms. The van der Waals surface area contributed by atoms with Crippen LogP contribution in [0.2, 0.25) is 0 Å². The number of ether oxygens (including phenoxy) is 1. The summed E-state index contributed by atoms with van der Waals surface area (Å²) in [6, 6.07) is 10.4. The van der Waals surface area contributed by atoms with Gasteiger partial charge in [0, 0.05) is 25.7 Å². The molecular weight excluding hydrogens is 330 g/mol. The van der Waals surface area contributed by atoms with E-state index in [0.29, 0.717) is 25.4 Å². The van der Waals surface area contributed by atoms with Crippen LogP contribution in [0.1, 0.15) is 56.4 Å². The summed E-state index contributed by atoms with van der Waals surface area (Å²) < 4.78 is 5.05. The third kappa shape index (κ3) is 4.26. The second kappa shape index (κ2) is 8.21. The maximum atomic E-state index is 13.1. The lowest BCUT2D eigenvalue weighted by Crippen LogP contribution is -2.43. The van der Waals surface area contributed by atoms with Crippen molar-refractivity contribution in [1.29, 1.82) is 0 Å². The fraction of sp³-hybridized carbons (Fsp3) is 0.619. The van der Waals surface area contributed by atoms with Crippen molar-refractivity contribution in [3.63, 3.8) is 0 Å². The molecule has 0 spiro atoms. The molecule has 1 amide bonds. The minimum atomic E-state index is -0.824. The SMILES string of the molecule is COCCC(CC1(C(=O)N[C@H]2C[C@@H]2c2ccccc2)CCCC1)C(=O)O. The van der Waals surface area contributed by atoms with Gasteiger partial charge in [-0.25, -0.2) is 0 Å². The largest absolute Gasteiger partial charge is 0.481 e. The summed E-state index contributed by atoms with van der Waals surface area (Å²) in [5, 5.41) is 12.8. The summed E-state index contributed by atoms with van der Waals surface area (Å²) in [4.78, 5) is 24.7. The van der Waals surface area contributed by atoms with Gasteiger partial charge in [0.25, 0.3) is 0 Å². The van der Waals surface area contributed by atoms with Crippen LogP contribution in [-0.4, -0.2) is 36.7 Å². The first-order valence-electron chi connectivity index (χ1n) is 9.63. The van der Waals surface area contributed by atoms with Gasteiger partial charge in [0.1, 0.15) is 0 Å². The van der Waals surface area contributed by atoms with Gasteiger partial charge in [0.15, 0.2) is 0 Å². The Morgan fingerprint density at radius 1 is 1.27 bits per heavy atom. The molecule has 5 nitrogen and oxygen atoms in total. The fourth-order valence-electron chi connectivity index (χ4n) is 4.36. The average Bonchev–Trinajstić information content (AvgIpc) is 3.24. The van der Waals surface area contributed by atoms with E-state index in [2.05, 4.69) is 17.4 Å². The highest BCUT2D eigenvalue weighted by atomic mass is 16.5. The van der Waals surface area contributed by atoms with Crippen LogP contribution < -0.4 is 5.32 Å². The molecule has 2 N–H and O–H groups in total. The molecule has 2 aliphatic carbocycles. The van der Waals surface area contributed by atoms with E-state index in [-0.39, 0.29) is 11.9 Å². The topological polar surface area (TPSA) is 75.6 Å². The van der Waals surface area contributed by atoms with Crippen LogP contribution >= 0.6 is 0 Å². The third-order valence-electron chi connectivity index (χ3n) is 6.03. The Morgan fingerprint density at radius 2 is 1.96 bits per heavy atom. The highest BCUT2D eigenvalue weighted by molar-refractivity contribution is 5.84. The molecule has 0 aromatic heterocycles. The third-order valence-corrected chi connectivity index (χ3v) is 6.03. The molecule has 0 radical (unpaired) electrons. The summed E-state index contributed by atoms with van der Waals surface area (Å²) in [5.74, 6) is -0.901. The van der Waals surface area contributed by atoms with Crippen molar-refractivity contribution in [2.45, 2.75) is 56.9 Å². The first-order valence-corrected chi connectivity index (χ1v) is 9.63. The van der Waals surface area contributed by atoms with E-state index >= 15 is 0 Å². The first-order chi connectivity index (χ1) is 12.6. The van der Waals surface area contributed by atoms with Crippen molar-refractivity contribution in [3.05, 3.63) is 35.9 Å². The molecule has 0 aliphatic heterocycles. The molecule has 0 saturated heterocycles. The zero-order valence-corrected chi connectivity index (χ0v) is 15.4. The maximum Gasteiger partial charge on any atom is 0.306 e. The van der Waals surface area contributed by atoms with Crippen molar-refractivity contribution < 1.29 is 19.4 Å². The van der Waals surface area contributed by atoms with Gasteiger partial charge in [-0.1, -0.05) is 43.2 Å². The smallest absolute Gasteiger partial charge is 0.306 e. The number of amides is 1. The van der Waals surface area contributed by atoms with Gasteiger partial charge in [-0.15, -0.1) is 0 Å². The number of carboxylic acids is 1. The first kappa shape index (κ1) is 18.9. The lowest BCUT2D eigenvalue weighted by atomic mass is 9.76. The number of hydrogen-bond donors (Lipinski definition) is 2. The Morgan fingerprint density at radius 3 is 2.58 bits per heavy atom. The van der Waals surface area contributed by atoms with Gasteiger partial charge in [-0.2, -0.15) is 0 Å². The van der Waals surface area contributed by atoms with Gasteiger partial charge >= 0.3 is 5.97 Å². The van der Waals surface area contributed by atoms with E-state index in [1.54, 1.807) is 7.11 Å². The number of carbonyl (C=O) groups excluding carboxylic acids is 1. The molecule has 142 valence electrons. The van der Waals surface area contributed by atoms with Crippen LogP contribution in [0.25, 0.3) is 0 Å². The van der Waals surface area contributed by atoms with Gasteiger partial charge in [0.05, 0.1) is 11.3 Å². The summed E-state index contributed by atoms with van der Waals surface area (Å²) in [5.41, 5.74) is 0.738. The van der Waals surface area contributed by atoms with Crippen LogP contribution in [0.5, 0.6) is 0 Å². The number of nitrogens with one attached hydrogen (secondary N) is 1. The lowest BCUT2D eigenvalue weighted by Gasteiger charge is -2.30. The van der Waals surface area contributed by atoms with E-state index in [4.69, 9.17) is 4.74 Å². The molecule has 3 atom stereocenters. The van der Waals surface area contributed by atoms with E-state index in [1.807, 2.05) is 18.2 Å². The van der Waals surface area contributed by atoms with E-state index in [1.165, 1.54) is 5.56 Å². The molecule has 3 rings (SSSR count). The standard InChI is InChI=1S/C21H29NO4/c1-26-12-9-16(19(23)24)14-21(10-5-6-11-21)20(25)22-18-13-17(18)15-7-3-2-4-8-15/h2-4,7-8,16-18H,5-6,9-14H2,1H3,(H,22,25)(H,23,24)/t16?,17-,18+/m1/s1. The molecule has 2 saturated carbocycles. The summed E-state index contributed by atoms with van der Waals surface area (Å²) in [6.45, 7) is 0.410. The number of aliphatic carboxylic acids is 1. The van der Waals surface area contributed by atoms with Gasteiger partial charge < -0.3 is 15.2 Å². The number of carbonyl (C=O) groups is 2. The highest BCUT2D eigenvalue weighted by Crippen LogP contribution is 2.46. The number of hydrogen-bond acceptors (Lipinski definition) is 3. The second-order valence-electron chi connectivity index (χ2n) is 7.84. The molecule has 26 heavy (non-hydrogen) atoms. The Balaban J connectivity index is 1.63. The fourth-order valence-corrected chi connectivity index (χ4v) is 4.36. The van der Waals surface area contributed by atoms with Crippen molar-refractivity contribution in [2.75, 3.05) is 13.7 Å². The molecule has 2 fully saturated rings. The predicted molar refractivity (Wildman–Crippen MR) is 98.9 cm³/mol. The molecule has 1 unspecified atom stereocenters. The van der Waals surface area contributed by atoms with Crippen LogP contribution in [0.4, 0.5) is 0 Å². The van der Waals surface area contributed by atoms with Gasteiger partial charge in [-0.05, 0) is 37.7 Å². The second-order valence-corrected chi connectivity index (χ2v) is 7.84. The molecule has 2 aliphatic rings. The highest BCUT2D eigenvalue weighted by Gasteiger charge is 2.47. The van der Waals surface area contributed by atoms with Crippen molar-refractivity contribution >= 4 is 11.9 Å². The Bertz CT molecular complexity index is 624. The van der Waals surface area contributed by atoms with Crippen molar-refractivity contribution in [2.24, 2.45) is 11.3 Å². The summed E-state index contributed by atoms with van der Waals surface area (Å²) >= 11 is 0. The monoisotopic (exact) mass is 359 g/mol. The molecular formula is C21H29NO4. The van der Waals surface area contributed by atoms with E-state index in [9.17, 15) is 14.7 Å². The molecule has 0 heterocycles. The Hall–Kier alpha value is -1.88. The predicted octanol–water partition coefficient (Wildman–Crippen LogP) is 3.35. The minimum absolute atomic E-state index is 0.0575. The zero-order chi connectivity index (χ0) is 18.6. The lowest BCUT2D eigenvalue weighted by molar-refractivity contribution is -0.145. The van der Waals surface area contributed by atoms with Crippen LogP contribution in [0.15, 0.2) is 30.3 Å². The average molecular weight is 359 g/mol. The van der Waals surface area contributed by atoms with Crippen molar-refractivity contribution in [1.82, 2.24) is 5.32 Å². The summed E-state index contributed by atoms with van der Waals surface area (Å²) in [6.07, 6.45) is 5.42. The zero-order valence-electron chi connectivity index (χ0n) is 15.4. The quantitative estimate of drug-likeness (QED) is 0.709. The van der Waals surface area contributed by atoms with Crippen LogP contribution in [0, 0.1) is 11.3 Å². The minimum Gasteiger partial charge on any atom is -0.481 e. The molecule has 1 aromatic rings. The number of rotatable bonds is 9. The summed E-state index contributed by atoms with van der Waals surface area (Å²) in [7, 11) is 1.58. The Kier molecular flexibility index (Phi) is 5.97. The normalized spacial score (nSPS) is 24.8. The van der Waals surface area contributed by atoms with Crippen LogP contribution in [0.3, 0.4) is 0 Å². The number of benzene rings is 1. The van der Waals surface area contributed by atoms with E-state index in [0.717, 1.165) is 32.1 Å². The number of carboxylic acid groups (broad SMARTS) is 1. The van der Waals surface area contributed by atoms with Crippen LogP contribution in [-0.2, 0) is 14.3 Å². The molecule has 0 bridgehead atoms. The number of methoxy groups -OCH3 is 1. The van der Waals surface area contributed by atoms with E-state index < -0.39 is 17.3 Å². The van der Waals surface area contributed by atoms with Gasteiger partial charge in [-0.3, -0.25) is 9.59 Å². The Labute approximate surface area is 155 Å². The maximum absolute atomic E-state index is 13.1. The van der Waals surface area contributed by atoms with Gasteiger partial charge in [0.2, 0.25) is 5.91 Å².